The Hall–Kier alpha value is -2.25. The number of nitrogens with zero attached hydrogens (tertiary/aromatic N) is 2. The number of rotatable bonds is 3. The maximum Gasteiger partial charge on any atom is 0.337 e. The Bertz CT molecular complexity index is 686. The topological polar surface area (TPSA) is 79.0 Å². The molecule has 0 unspecified atom stereocenters. The summed E-state index contributed by atoms with van der Waals surface area (Å²) >= 11 is 0. The van der Waals surface area contributed by atoms with Crippen molar-refractivity contribution in [3.63, 3.8) is 0 Å². The fraction of sp³-hybridized carbons (Fsp3) is 0.471. The summed E-state index contributed by atoms with van der Waals surface area (Å²) in [5, 5.41) is 1.71. The lowest BCUT2D eigenvalue weighted by Crippen LogP contribution is -2.45. The number of likely N-dealkylation sites (N-methyl/N-ethyl adjacent to an activating group) is 1. The van der Waals surface area contributed by atoms with Crippen molar-refractivity contribution in [1.29, 1.82) is 0 Å². The van der Waals surface area contributed by atoms with Crippen LogP contribution in [0.15, 0.2) is 24.3 Å². The lowest BCUT2D eigenvalue weighted by molar-refractivity contribution is -0.143. The number of nitrogens with one attached hydrogen (secondary N) is 1. The van der Waals surface area contributed by atoms with Gasteiger partial charge in [0.05, 0.1) is 24.6 Å². The largest absolute Gasteiger partial charge is 0.465 e. The van der Waals surface area contributed by atoms with Crippen molar-refractivity contribution >= 4 is 17.8 Å². The molecule has 0 saturated carbocycles. The molecule has 2 saturated heterocycles. The highest BCUT2D eigenvalue weighted by atomic mass is 16.5. The molecule has 1 N–H and O–H groups in total. The summed E-state index contributed by atoms with van der Waals surface area (Å²) in [5.41, 5.74) is 4.51. The molecule has 24 heavy (non-hydrogen) atoms. The Morgan fingerprint density at radius 3 is 2.33 bits per heavy atom. The molecule has 0 spiro atoms. The van der Waals surface area contributed by atoms with Crippen LogP contribution in [-0.4, -0.2) is 53.9 Å². The molecule has 0 aliphatic carbocycles. The molecule has 2 amide bonds. The number of hydrogen-bond donors (Lipinski definition) is 1. The minimum atomic E-state index is -0.495. The standard InChI is InChI=1S/C17H21N3O4/c1-9(2)20-15(21)12-13(18-19(3)14(12)16(20)22)10-5-7-11(8-6-10)17(23)24-4/h5-9,12-14,18H,1-4H3/t12-,13-,14+/m0/s1. The maximum absolute atomic E-state index is 12.8. The number of carbonyl (C=O) groups is 3. The zero-order valence-corrected chi connectivity index (χ0v) is 14.1. The number of benzene rings is 1. The number of ether oxygens (including phenoxy) is 1. The van der Waals surface area contributed by atoms with Gasteiger partial charge in [0, 0.05) is 13.1 Å². The van der Waals surface area contributed by atoms with Crippen molar-refractivity contribution in [3.8, 4) is 0 Å². The van der Waals surface area contributed by atoms with Crippen molar-refractivity contribution in [2.45, 2.75) is 32.0 Å². The number of amides is 2. The van der Waals surface area contributed by atoms with Gasteiger partial charge in [-0.25, -0.2) is 15.2 Å². The summed E-state index contributed by atoms with van der Waals surface area (Å²) < 4.78 is 4.69. The minimum absolute atomic E-state index is 0.154. The molecule has 2 heterocycles. The van der Waals surface area contributed by atoms with Crippen LogP contribution in [0.2, 0.25) is 0 Å². The first-order valence-corrected chi connectivity index (χ1v) is 7.91. The third-order valence-corrected chi connectivity index (χ3v) is 4.68. The number of imide groups is 1. The molecule has 2 fully saturated rings. The zero-order chi connectivity index (χ0) is 17.6. The first-order chi connectivity index (χ1) is 11.4. The molecule has 2 aliphatic heterocycles. The smallest absolute Gasteiger partial charge is 0.337 e. The highest BCUT2D eigenvalue weighted by Gasteiger charge is 2.58. The molecule has 0 radical (unpaired) electrons. The Kier molecular flexibility index (Phi) is 4.15. The number of fused-ring (bicyclic) bond motifs is 1. The van der Waals surface area contributed by atoms with E-state index in [1.54, 1.807) is 36.3 Å². The number of methoxy groups -OCH3 is 1. The average molecular weight is 331 g/mol. The van der Waals surface area contributed by atoms with Crippen LogP contribution in [0.25, 0.3) is 0 Å². The summed E-state index contributed by atoms with van der Waals surface area (Å²) in [4.78, 5) is 38.2. The Morgan fingerprint density at radius 1 is 1.17 bits per heavy atom. The molecule has 1 aromatic rings. The van der Waals surface area contributed by atoms with E-state index in [0.717, 1.165) is 5.56 Å². The average Bonchev–Trinajstić information content (AvgIpc) is 3.03. The lowest BCUT2D eigenvalue weighted by atomic mass is 9.90. The number of esters is 1. The van der Waals surface area contributed by atoms with E-state index in [2.05, 4.69) is 5.43 Å². The lowest BCUT2D eigenvalue weighted by Gasteiger charge is -2.24. The van der Waals surface area contributed by atoms with Gasteiger partial charge >= 0.3 is 5.97 Å². The monoisotopic (exact) mass is 331 g/mol. The predicted molar refractivity (Wildman–Crippen MR) is 85.7 cm³/mol. The van der Waals surface area contributed by atoms with Gasteiger partial charge in [-0.15, -0.1) is 0 Å². The number of hydrogen-bond acceptors (Lipinski definition) is 6. The van der Waals surface area contributed by atoms with Gasteiger partial charge in [0.1, 0.15) is 6.04 Å². The second-order valence-corrected chi connectivity index (χ2v) is 6.44. The summed E-state index contributed by atoms with van der Waals surface area (Å²) in [5.74, 6) is -1.19. The van der Waals surface area contributed by atoms with Gasteiger partial charge < -0.3 is 4.74 Å². The summed E-state index contributed by atoms with van der Waals surface area (Å²) in [6, 6.07) is 5.95. The van der Waals surface area contributed by atoms with Crippen LogP contribution < -0.4 is 5.43 Å². The second-order valence-electron chi connectivity index (χ2n) is 6.44. The van der Waals surface area contributed by atoms with Crippen molar-refractivity contribution in [3.05, 3.63) is 35.4 Å². The fourth-order valence-electron chi connectivity index (χ4n) is 3.55. The van der Waals surface area contributed by atoms with Gasteiger partial charge in [-0.2, -0.15) is 0 Å². The Morgan fingerprint density at radius 2 is 1.79 bits per heavy atom. The van der Waals surface area contributed by atoms with Crippen LogP contribution in [0.4, 0.5) is 0 Å². The fourth-order valence-corrected chi connectivity index (χ4v) is 3.55. The van der Waals surface area contributed by atoms with Crippen LogP contribution in [0, 0.1) is 5.92 Å². The molecule has 1 aromatic carbocycles. The van der Waals surface area contributed by atoms with Crippen LogP contribution in [0.1, 0.15) is 35.8 Å². The quantitative estimate of drug-likeness (QED) is 0.650. The van der Waals surface area contributed by atoms with Crippen LogP contribution >= 0.6 is 0 Å². The second kappa shape index (κ2) is 5.99. The van der Waals surface area contributed by atoms with Crippen molar-refractivity contribution in [2.24, 2.45) is 5.92 Å². The molecule has 0 aromatic heterocycles. The molecule has 0 bridgehead atoms. The Labute approximate surface area is 140 Å². The highest BCUT2D eigenvalue weighted by molar-refractivity contribution is 6.08. The normalized spacial score (nSPS) is 27.0. The number of hydrazine groups is 1. The van der Waals surface area contributed by atoms with Gasteiger partial charge in [-0.05, 0) is 31.5 Å². The first-order valence-electron chi connectivity index (χ1n) is 7.91. The molecule has 7 nitrogen and oxygen atoms in total. The molecule has 3 rings (SSSR count). The van der Waals surface area contributed by atoms with E-state index in [1.165, 1.54) is 12.0 Å². The van der Waals surface area contributed by atoms with E-state index in [-0.39, 0.29) is 23.9 Å². The van der Waals surface area contributed by atoms with E-state index < -0.39 is 17.9 Å². The van der Waals surface area contributed by atoms with Crippen LogP contribution in [0.3, 0.4) is 0 Å². The first kappa shape index (κ1) is 16.6. The van der Waals surface area contributed by atoms with E-state index in [0.29, 0.717) is 5.56 Å². The van der Waals surface area contributed by atoms with Gasteiger partial charge in [-0.1, -0.05) is 12.1 Å². The maximum atomic E-state index is 12.8. The van der Waals surface area contributed by atoms with E-state index in [1.807, 2.05) is 13.8 Å². The molecular weight excluding hydrogens is 310 g/mol. The third kappa shape index (κ3) is 2.40. The third-order valence-electron chi connectivity index (χ3n) is 4.68. The van der Waals surface area contributed by atoms with Gasteiger partial charge in [0.25, 0.3) is 0 Å². The van der Waals surface area contributed by atoms with Crippen molar-refractivity contribution < 1.29 is 19.1 Å². The van der Waals surface area contributed by atoms with E-state index in [4.69, 9.17) is 4.74 Å². The van der Waals surface area contributed by atoms with Gasteiger partial charge in [0.2, 0.25) is 11.8 Å². The number of carbonyl (C=O) groups excluding carboxylic acids is 3. The highest BCUT2D eigenvalue weighted by Crippen LogP contribution is 2.40. The van der Waals surface area contributed by atoms with E-state index in [9.17, 15) is 14.4 Å². The van der Waals surface area contributed by atoms with Gasteiger partial charge in [-0.3, -0.25) is 14.5 Å². The van der Waals surface area contributed by atoms with E-state index >= 15 is 0 Å². The summed E-state index contributed by atoms with van der Waals surface area (Å²) in [7, 11) is 3.10. The Balaban J connectivity index is 1.91. The molecule has 3 atom stereocenters. The van der Waals surface area contributed by atoms with Gasteiger partial charge in [0.15, 0.2) is 0 Å². The zero-order valence-electron chi connectivity index (χ0n) is 14.1. The van der Waals surface area contributed by atoms with Crippen molar-refractivity contribution in [1.82, 2.24) is 15.3 Å². The molecule has 2 aliphatic rings. The van der Waals surface area contributed by atoms with Crippen LogP contribution in [-0.2, 0) is 14.3 Å². The van der Waals surface area contributed by atoms with Crippen LogP contribution in [0.5, 0.6) is 0 Å². The predicted octanol–water partition coefficient (Wildman–Crippen LogP) is 0.726. The molecular formula is C17H21N3O4. The van der Waals surface area contributed by atoms with Crippen molar-refractivity contribution in [2.75, 3.05) is 14.2 Å². The summed E-state index contributed by atoms with van der Waals surface area (Å²) in [6.07, 6.45) is 0. The summed E-state index contributed by atoms with van der Waals surface area (Å²) in [6.45, 7) is 3.68. The molecule has 7 heteroatoms. The SMILES string of the molecule is COC(=O)c1ccc([C@@H]2NN(C)[C@H]3C(=O)N(C(C)C)C(=O)[C@@H]23)cc1. The number of likely N-dealkylation sites (tertiary alicyclic amines) is 1. The molecule has 128 valence electrons. The minimum Gasteiger partial charge on any atom is -0.465 e.